The Morgan fingerprint density at radius 2 is 1.79 bits per heavy atom. The lowest BCUT2D eigenvalue weighted by atomic mass is 9.63. The second-order valence-corrected chi connectivity index (χ2v) is 9.13. The number of carbonyl (C=O) groups excluding carboxylic acids is 2. The van der Waals surface area contributed by atoms with Gasteiger partial charge in [0.15, 0.2) is 12.6 Å². The topological polar surface area (TPSA) is 83.8 Å². The van der Waals surface area contributed by atoms with E-state index in [1.165, 1.54) is 0 Å². The van der Waals surface area contributed by atoms with Gasteiger partial charge in [0, 0.05) is 11.5 Å². The van der Waals surface area contributed by atoms with Crippen LogP contribution < -0.4 is 4.74 Å². The van der Waals surface area contributed by atoms with E-state index in [-0.39, 0.29) is 34.5 Å². The fraction of sp³-hybridized carbons (Fsp3) is 0.565. The van der Waals surface area contributed by atoms with Crippen molar-refractivity contribution in [2.45, 2.75) is 59.0 Å². The Morgan fingerprint density at radius 3 is 2.32 bits per heavy atom. The average molecular weight is 386 g/mol. The SMILES string of the molecule is CC(C)C[C@@H]1c2c(O)c(C=O)c(O)c(C=O)c2O[C@@]2(C)C=C[C@@H](C(C)C)C[C@@H]12. The molecule has 2 N–H and O–H groups in total. The zero-order chi connectivity index (χ0) is 20.8. The molecule has 1 aromatic carbocycles. The fourth-order valence-electron chi connectivity index (χ4n) is 4.86. The molecule has 1 aromatic rings. The Labute approximate surface area is 166 Å². The van der Waals surface area contributed by atoms with Crippen LogP contribution in [0.5, 0.6) is 17.2 Å². The van der Waals surface area contributed by atoms with Crippen LogP contribution in [0.4, 0.5) is 0 Å². The normalized spacial score (nSPS) is 28.6. The third-order valence-corrected chi connectivity index (χ3v) is 6.44. The quantitative estimate of drug-likeness (QED) is 0.558. The highest BCUT2D eigenvalue weighted by Gasteiger charge is 2.50. The molecule has 0 unspecified atom stereocenters. The van der Waals surface area contributed by atoms with Crippen molar-refractivity contribution in [3.05, 3.63) is 28.8 Å². The number of phenolic OH excluding ortho intramolecular Hbond substituents is 2. The van der Waals surface area contributed by atoms with Gasteiger partial charge in [-0.3, -0.25) is 9.59 Å². The zero-order valence-electron chi connectivity index (χ0n) is 17.2. The Bertz CT molecular complexity index is 823. The van der Waals surface area contributed by atoms with E-state index < -0.39 is 11.4 Å². The number of hydrogen-bond donors (Lipinski definition) is 2. The standard InChI is InChI=1S/C23H30O5/c1-12(2)8-15-18-9-14(13(3)4)6-7-23(18,5)28-22-17(11-25)20(26)16(10-24)21(27)19(15)22/h6-7,10-15,18,26-27H,8-9H2,1-5H3/t14-,15+,18+,23+/m1/s1. The van der Waals surface area contributed by atoms with Crippen LogP contribution in [-0.2, 0) is 0 Å². The number of aldehydes is 2. The summed E-state index contributed by atoms with van der Waals surface area (Å²) in [6.07, 6.45) is 6.83. The Kier molecular flexibility index (Phi) is 5.30. The molecule has 0 amide bonds. The van der Waals surface area contributed by atoms with Crippen LogP contribution in [0.2, 0.25) is 0 Å². The Hall–Kier alpha value is -2.30. The van der Waals surface area contributed by atoms with E-state index in [2.05, 4.69) is 39.8 Å². The van der Waals surface area contributed by atoms with Gasteiger partial charge in [0.25, 0.3) is 0 Å². The molecule has 0 saturated heterocycles. The average Bonchev–Trinajstić information content (AvgIpc) is 2.60. The molecular formula is C23H30O5. The smallest absolute Gasteiger partial charge is 0.157 e. The summed E-state index contributed by atoms with van der Waals surface area (Å²) < 4.78 is 6.29. The molecule has 0 aromatic heterocycles. The largest absolute Gasteiger partial charge is 0.507 e. The van der Waals surface area contributed by atoms with Crippen LogP contribution in [-0.4, -0.2) is 28.4 Å². The van der Waals surface area contributed by atoms with Crippen molar-refractivity contribution in [1.29, 1.82) is 0 Å². The predicted molar refractivity (Wildman–Crippen MR) is 107 cm³/mol. The van der Waals surface area contributed by atoms with Gasteiger partial charge in [-0.15, -0.1) is 0 Å². The van der Waals surface area contributed by atoms with E-state index >= 15 is 0 Å². The van der Waals surface area contributed by atoms with Gasteiger partial charge in [-0.25, -0.2) is 0 Å². The van der Waals surface area contributed by atoms with Crippen LogP contribution in [0.15, 0.2) is 12.2 Å². The van der Waals surface area contributed by atoms with Gasteiger partial charge >= 0.3 is 0 Å². The molecule has 0 saturated carbocycles. The van der Waals surface area contributed by atoms with Crippen molar-refractivity contribution in [3.8, 4) is 17.2 Å². The second kappa shape index (κ2) is 7.26. The Balaban J connectivity index is 2.28. The van der Waals surface area contributed by atoms with E-state index in [9.17, 15) is 19.8 Å². The first-order valence-electron chi connectivity index (χ1n) is 10.0. The minimum absolute atomic E-state index is 0.0669. The van der Waals surface area contributed by atoms with Gasteiger partial charge in [-0.1, -0.05) is 33.8 Å². The van der Waals surface area contributed by atoms with Crippen LogP contribution in [0.1, 0.15) is 79.7 Å². The summed E-state index contributed by atoms with van der Waals surface area (Å²) in [7, 11) is 0. The molecule has 3 rings (SSSR count). The summed E-state index contributed by atoms with van der Waals surface area (Å²) in [6, 6.07) is 0. The summed E-state index contributed by atoms with van der Waals surface area (Å²) in [5.41, 5.74) is -0.468. The molecule has 152 valence electrons. The number of fused-ring (bicyclic) bond motifs is 2. The van der Waals surface area contributed by atoms with Crippen molar-refractivity contribution in [3.63, 3.8) is 0 Å². The molecular weight excluding hydrogens is 356 g/mol. The number of ether oxygens (including phenoxy) is 1. The predicted octanol–water partition coefficient (Wildman–Crippen LogP) is 4.85. The summed E-state index contributed by atoms with van der Waals surface area (Å²) in [6.45, 7) is 10.6. The maximum atomic E-state index is 11.8. The lowest BCUT2D eigenvalue weighted by Crippen LogP contribution is -2.49. The van der Waals surface area contributed by atoms with Gasteiger partial charge in [-0.2, -0.15) is 0 Å². The third kappa shape index (κ3) is 3.11. The van der Waals surface area contributed by atoms with E-state index in [0.717, 1.165) is 12.8 Å². The highest BCUT2D eigenvalue weighted by molar-refractivity contribution is 5.95. The third-order valence-electron chi connectivity index (χ3n) is 6.44. The lowest BCUT2D eigenvalue weighted by molar-refractivity contribution is 0.00795. The first kappa shape index (κ1) is 20.4. The monoisotopic (exact) mass is 386 g/mol. The van der Waals surface area contributed by atoms with Gasteiger partial charge in [0.1, 0.15) is 22.8 Å². The van der Waals surface area contributed by atoms with Crippen molar-refractivity contribution in [1.82, 2.24) is 0 Å². The van der Waals surface area contributed by atoms with Gasteiger partial charge in [0.05, 0.1) is 11.1 Å². The highest BCUT2D eigenvalue weighted by atomic mass is 16.5. The molecule has 1 aliphatic carbocycles. The number of allylic oxidation sites excluding steroid dienone is 1. The van der Waals surface area contributed by atoms with E-state index in [0.29, 0.717) is 35.9 Å². The second-order valence-electron chi connectivity index (χ2n) is 9.13. The minimum atomic E-state index is -0.642. The summed E-state index contributed by atoms with van der Waals surface area (Å²) in [5, 5.41) is 21.2. The molecule has 28 heavy (non-hydrogen) atoms. The molecule has 2 aliphatic rings. The fourth-order valence-corrected chi connectivity index (χ4v) is 4.86. The molecule has 5 heteroatoms. The van der Waals surface area contributed by atoms with E-state index in [4.69, 9.17) is 4.74 Å². The van der Waals surface area contributed by atoms with Crippen LogP contribution in [0.3, 0.4) is 0 Å². The number of benzene rings is 1. The molecule has 0 spiro atoms. The van der Waals surface area contributed by atoms with Gasteiger partial charge in [0.2, 0.25) is 0 Å². The summed E-state index contributed by atoms with van der Waals surface area (Å²) >= 11 is 0. The van der Waals surface area contributed by atoms with Crippen LogP contribution in [0, 0.1) is 23.7 Å². The summed E-state index contributed by atoms with van der Waals surface area (Å²) in [5.74, 6) is 0.638. The molecule has 4 atom stereocenters. The first-order valence-corrected chi connectivity index (χ1v) is 10.0. The van der Waals surface area contributed by atoms with Crippen LogP contribution >= 0.6 is 0 Å². The summed E-state index contributed by atoms with van der Waals surface area (Å²) in [4.78, 5) is 23.3. The number of phenols is 2. The van der Waals surface area contributed by atoms with Gasteiger partial charge < -0.3 is 14.9 Å². The van der Waals surface area contributed by atoms with Crippen LogP contribution in [0.25, 0.3) is 0 Å². The van der Waals surface area contributed by atoms with Gasteiger partial charge in [-0.05, 0) is 49.5 Å². The van der Waals surface area contributed by atoms with Crippen molar-refractivity contribution in [2.24, 2.45) is 23.7 Å². The maximum absolute atomic E-state index is 11.8. The molecule has 1 aliphatic heterocycles. The Morgan fingerprint density at radius 1 is 1.14 bits per heavy atom. The molecule has 0 fully saturated rings. The zero-order valence-corrected chi connectivity index (χ0v) is 17.2. The lowest BCUT2D eigenvalue weighted by Gasteiger charge is -2.50. The molecule has 0 bridgehead atoms. The van der Waals surface area contributed by atoms with E-state index in [1.54, 1.807) is 0 Å². The number of aromatic hydroxyl groups is 2. The van der Waals surface area contributed by atoms with E-state index in [1.807, 2.05) is 6.92 Å². The number of rotatable bonds is 5. The number of carbonyl (C=O) groups is 2. The van der Waals surface area contributed by atoms with Crippen molar-refractivity contribution < 1.29 is 24.5 Å². The first-order chi connectivity index (χ1) is 13.1. The molecule has 1 heterocycles. The minimum Gasteiger partial charge on any atom is -0.507 e. The highest BCUT2D eigenvalue weighted by Crippen LogP contribution is 2.58. The molecule has 5 nitrogen and oxygen atoms in total. The van der Waals surface area contributed by atoms with Crippen molar-refractivity contribution >= 4 is 12.6 Å². The van der Waals surface area contributed by atoms with Crippen molar-refractivity contribution in [2.75, 3.05) is 0 Å². The maximum Gasteiger partial charge on any atom is 0.157 e. The molecule has 0 radical (unpaired) electrons. The number of hydrogen-bond acceptors (Lipinski definition) is 5.